The number of hydrogen-bond donors (Lipinski definition) is 2. The molecule has 1 aromatic rings. The molecule has 1 aliphatic heterocycles. The highest BCUT2D eigenvalue weighted by molar-refractivity contribution is 7.90. The Hall–Kier alpha value is -1.93. The molecular weight excluding hydrogens is 308 g/mol. The zero-order valence-electron chi connectivity index (χ0n) is 12.2. The van der Waals surface area contributed by atoms with Crippen LogP contribution in [0, 0.1) is 5.92 Å². The van der Waals surface area contributed by atoms with Crippen molar-refractivity contribution in [2.24, 2.45) is 5.92 Å². The normalized spacial score (nSPS) is 19.5. The van der Waals surface area contributed by atoms with E-state index >= 15 is 0 Å². The molecule has 0 aromatic heterocycles. The van der Waals surface area contributed by atoms with E-state index in [4.69, 9.17) is 5.11 Å². The van der Waals surface area contributed by atoms with Crippen molar-refractivity contribution in [2.45, 2.75) is 4.90 Å². The van der Waals surface area contributed by atoms with Gasteiger partial charge in [0, 0.05) is 38.0 Å². The maximum Gasteiger partial charge on any atom is 0.309 e. The first-order chi connectivity index (χ1) is 10.3. The van der Waals surface area contributed by atoms with Gasteiger partial charge in [-0.05, 0) is 24.3 Å². The molecule has 120 valence electrons. The molecule has 2 rings (SSSR count). The van der Waals surface area contributed by atoms with Crippen LogP contribution in [-0.2, 0) is 14.6 Å². The minimum absolute atomic E-state index is 0.134. The van der Waals surface area contributed by atoms with Gasteiger partial charge in [-0.2, -0.15) is 0 Å². The number of carboxylic acids is 1. The van der Waals surface area contributed by atoms with E-state index in [1.165, 1.54) is 29.2 Å². The first-order valence-corrected chi connectivity index (χ1v) is 8.71. The first-order valence-electron chi connectivity index (χ1n) is 6.82. The number of aliphatic carboxylic acids is 1. The van der Waals surface area contributed by atoms with Crippen molar-refractivity contribution in [3.8, 4) is 0 Å². The van der Waals surface area contributed by atoms with E-state index in [-0.39, 0.29) is 17.3 Å². The van der Waals surface area contributed by atoms with Gasteiger partial charge >= 0.3 is 5.97 Å². The number of sulfone groups is 1. The fourth-order valence-electron chi connectivity index (χ4n) is 2.29. The number of hydrogen-bond acceptors (Lipinski definition) is 5. The Labute approximate surface area is 128 Å². The van der Waals surface area contributed by atoms with Gasteiger partial charge < -0.3 is 15.3 Å². The van der Waals surface area contributed by atoms with E-state index in [9.17, 15) is 18.0 Å². The molecule has 22 heavy (non-hydrogen) atoms. The first kappa shape index (κ1) is 16.4. The summed E-state index contributed by atoms with van der Waals surface area (Å²) in [6.07, 6.45) is 1.10. The maximum absolute atomic E-state index is 12.4. The topological polar surface area (TPSA) is 104 Å². The number of amides is 1. The summed E-state index contributed by atoms with van der Waals surface area (Å²) in [5, 5.41) is 12.1. The van der Waals surface area contributed by atoms with Crippen molar-refractivity contribution < 1.29 is 23.1 Å². The lowest BCUT2D eigenvalue weighted by molar-refractivity contribution is -0.141. The standard InChI is InChI=1S/C14H18N2O5S/c1-22(20,21)12-4-2-10(3-5-12)13(17)16-7-6-15-8-11(9-16)14(18)19/h2-5,11,15H,6-9H2,1H3,(H,18,19). The van der Waals surface area contributed by atoms with Crippen LogP contribution in [-0.4, -0.2) is 62.7 Å². The summed E-state index contributed by atoms with van der Waals surface area (Å²) in [5.41, 5.74) is 0.346. The predicted molar refractivity (Wildman–Crippen MR) is 79.5 cm³/mol. The van der Waals surface area contributed by atoms with Gasteiger partial charge in [-0.3, -0.25) is 9.59 Å². The number of nitrogens with one attached hydrogen (secondary N) is 1. The third-order valence-electron chi connectivity index (χ3n) is 3.56. The van der Waals surface area contributed by atoms with Crippen LogP contribution >= 0.6 is 0 Å². The number of carboxylic acid groups (broad SMARTS) is 1. The number of benzene rings is 1. The van der Waals surface area contributed by atoms with E-state index in [1.54, 1.807) is 0 Å². The van der Waals surface area contributed by atoms with E-state index in [1.807, 2.05) is 0 Å². The lowest BCUT2D eigenvalue weighted by Crippen LogP contribution is -2.38. The molecule has 0 saturated carbocycles. The molecule has 2 N–H and O–H groups in total. The fourth-order valence-corrected chi connectivity index (χ4v) is 2.92. The molecular formula is C14H18N2O5S. The zero-order valence-corrected chi connectivity index (χ0v) is 13.0. The predicted octanol–water partition coefficient (Wildman–Crippen LogP) is -0.164. The fraction of sp³-hybridized carbons (Fsp3) is 0.429. The number of rotatable bonds is 3. The number of nitrogens with zero attached hydrogens (tertiary/aromatic N) is 1. The van der Waals surface area contributed by atoms with Crippen molar-refractivity contribution in [3.05, 3.63) is 29.8 Å². The van der Waals surface area contributed by atoms with Crippen molar-refractivity contribution in [1.29, 1.82) is 0 Å². The van der Waals surface area contributed by atoms with Gasteiger partial charge in [0.25, 0.3) is 5.91 Å². The molecule has 0 spiro atoms. The minimum Gasteiger partial charge on any atom is -0.481 e. The Morgan fingerprint density at radius 2 is 1.91 bits per heavy atom. The van der Waals surface area contributed by atoms with Crippen LogP contribution in [0.4, 0.5) is 0 Å². The Balaban J connectivity index is 2.17. The van der Waals surface area contributed by atoms with Crippen molar-refractivity contribution in [2.75, 3.05) is 32.4 Å². The highest BCUT2D eigenvalue weighted by Gasteiger charge is 2.27. The van der Waals surface area contributed by atoms with Crippen LogP contribution in [0.15, 0.2) is 29.2 Å². The van der Waals surface area contributed by atoms with E-state index in [0.29, 0.717) is 25.2 Å². The number of carbonyl (C=O) groups is 2. The molecule has 0 radical (unpaired) electrons. The van der Waals surface area contributed by atoms with Gasteiger partial charge in [-0.15, -0.1) is 0 Å². The molecule has 1 unspecified atom stereocenters. The average Bonchev–Trinajstić information content (AvgIpc) is 2.72. The highest BCUT2D eigenvalue weighted by atomic mass is 32.2. The second-order valence-electron chi connectivity index (χ2n) is 5.29. The van der Waals surface area contributed by atoms with Crippen LogP contribution in [0.25, 0.3) is 0 Å². The van der Waals surface area contributed by atoms with E-state index in [0.717, 1.165) is 6.26 Å². The van der Waals surface area contributed by atoms with Gasteiger partial charge in [0.05, 0.1) is 10.8 Å². The molecule has 1 saturated heterocycles. The smallest absolute Gasteiger partial charge is 0.309 e. The Kier molecular flexibility index (Phi) is 4.82. The van der Waals surface area contributed by atoms with Crippen LogP contribution in [0.3, 0.4) is 0 Å². The summed E-state index contributed by atoms with van der Waals surface area (Å²) in [6.45, 7) is 1.40. The molecule has 1 atom stereocenters. The second kappa shape index (κ2) is 6.45. The Bertz CT molecular complexity index is 669. The van der Waals surface area contributed by atoms with Crippen molar-refractivity contribution in [1.82, 2.24) is 10.2 Å². The Morgan fingerprint density at radius 1 is 1.27 bits per heavy atom. The van der Waals surface area contributed by atoms with E-state index in [2.05, 4.69) is 5.32 Å². The monoisotopic (exact) mass is 326 g/mol. The molecule has 0 aliphatic carbocycles. The minimum atomic E-state index is -3.31. The van der Waals surface area contributed by atoms with Crippen LogP contribution in [0.1, 0.15) is 10.4 Å². The van der Waals surface area contributed by atoms with Crippen LogP contribution in [0.2, 0.25) is 0 Å². The van der Waals surface area contributed by atoms with Gasteiger partial charge in [0.15, 0.2) is 9.84 Å². The maximum atomic E-state index is 12.4. The third kappa shape index (κ3) is 3.83. The Morgan fingerprint density at radius 3 is 2.45 bits per heavy atom. The summed E-state index contributed by atoms with van der Waals surface area (Å²) in [7, 11) is -3.31. The van der Waals surface area contributed by atoms with Gasteiger partial charge in [0.2, 0.25) is 0 Å². The SMILES string of the molecule is CS(=O)(=O)c1ccc(C(=O)N2CCNCC(C(=O)O)C2)cc1. The molecule has 1 aliphatic rings. The molecule has 0 bridgehead atoms. The quantitative estimate of drug-likeness (QED) is 0.800. The lowest BCUT2D eigenvalue weighted by atomic mass is 10.1. The summed E-state index contributed by atoms with van der Waals surface area (Å²) >= 11 is 0. The summed E-state index contributed by atoms with van der Waals surface area (Å²) in [4.78, 5) is 25.2. The molecule has 1 amide bonds. The molecule has 8 heteroatoms. The molecule has 7 nitrogen and oxygen atoms in total. The van der Waals surface area contributed by atoms with E-state index < -0.39 is 21.7 Å². The lowest BCUT2D eigenvalue weighted by Gasteiger charge is -2.22. The second-order valence-corrected chi connectivity index (χ2v) is 7.30. The molecule has 1 heterocycles. The van der Waals surface area contributed by atoms with Crippen LogP contribution in [0.5, 0.6) is 0 Å². The largest absolute Gasteiger partial charge is 0.481 e. The summed E-state index contributed by atoms with van der Waals surface area (Å²) in [5.74, 6) is -1.89. The average molecular weight is 326 g/mol. The van der Waals surface area contributed by atoms with Gasteiger partial charge in [0.1, 0.15) is 0 Å². The third-order valence-corrected chi connectivity index (χ3v) is 4.68. The highest BCUT2D eigenvalue weighted by Crippen LogP contribution is 2.14. The van der Waals surface area contributed by atoms with Crippen molar-refractivity contribution in [3.63, 3.8) is 0 Å². The van der Waals surface area contributed by atoms with Crippen molar-refractivity contribution >= 4 is 21.7 Å². The zero-order chi connectivity index (χ0) is 16.3. The van der Waals surface area contributed by atoms with Gasteiger partial charge in [-0.25, -0.2) is 8.42 Å². The number of carbonyl (C=O) groups excluding carboxylic acids is 1. The summed E-state index contributed by atoms with van der Waals surface area (Å²) in [6, 6.07) is 5.67. The molecule has 1 fully saturated rings. The van der Waals surface area contributed by atoms with Gasteiger partial charge in [-0.1, -0.05) is 0 Å². The summed E-state index contributed by atoms with van der Waals surface area (Å²) < 4.78 is 22.8. The molecule has 1 aromatic carbocycles. The van der Waals surface area contributed by atoms with Crippen LogP contribution < -0.4 is 5.32 Å².